The Morgan fingerprint density at radius 3 is 2.00 bits per heavy atom. The van der Waals surface area contributed by atoms with Crippen molar-refractivity contribution >= 4 is 5.97 Å². The van der Waals surface area contributed by atoms with Gasteiger partial charge in [-0.2, -0.15) is 0 Å². The maximum absolute atomic E-state index is 12.2. The third kappa shape index (κ3) is 4.36. The van der Waals surface area contributed by atoms with Gasteiger partial charge >= 0.3 is 5.97 Å². The predicted octanol–water partition coefficient (Wildman–Crippen LogP) is 4.41. The van der Waals surface area contributed by atoms with E-state index in [-0.39, 0.29) is 11.4 Å². The Morgan fingerprint density at radius 2 is 1.61 bits per heavy atom. The van der Waals surface area contributed by atoms with E-state index in [1.54, 1.807) is 30.4 Å². The van der Waals surface area contributed by atoms with E-state index in [0.717, 1.165) is 0 Å². The number of rotatable bonds is 5. The van der Waals surface area contributed by atoms with Gasteiger partial charge in [-0.1, -0.05) is 52.2 Å². The number of carbonyl (C=O) groups excluding carboxylic acids is 1. The minimum Gasteiger partial charge on any atom is -0.426 e. The molecule has 0 aromatic carbocycles. The number of ether oxygens (including phenoxy) is 1. The smallest absolute Gasteiger partial charge is 0.317 e. The average molecular weight is 248 g/mol. The van der Waals surface area contributed by atoms with E-state index >= 15 is 0 Å². The van der Waals surface area contributed by atoms with Crippen molar-refractivity contribution in [3.63, 3.8) is 0 Å². The normalized spacial score (nSPS) is 13.5. The molecule has 0 unspecified atom stereocenters. The van der Waals surface area contributed by atoms with Crippen molar-refractivity contribution in [1.82, 2.24) is 0 Å². The lowest BCUT2D eigenvalue weighted by Crippen LogP contribution is -2.38. The van der Waals surface area contributed by atoms with E-state index in [4.69, 9.17) is 4.74 Å². The van der Waals surface area contributed by atoms with E-state index in [9.17, 15) is 4.79 Å². The van der Waals surface area contributed by atoms with Crippen LogP contribution in [0.1, 0.15) is 34.6 Å². The van der Waals surface area contributed by atoms with Gasteiger partial charge in [0.1, 0.15) is 5.76 Å². The van der Waals surface area contributed by atoms with Crippen molar-refractivity contribution in [2.45, 2.75) is 34.6 Å². The zero-order chi connectivity index (χ0) is 14.4. The van der Waals surface area contributed by atoms with E-state index in [1.807, 2.05) is 34.6 Å². The van der Waals surface area contributed by atoms with Gasteiger partial charge in [0, 0.05) is 0 Å². The molecule has 0 rings (SSSR count). The highest BCUT2D eigenvalue weighted by Gasteiger charge is 2.41. The summed E-state index contributed by atoms with van der Waals surface area (Å²) in [5.41, 5.74) is -0.749. The molecule has 18 heavy (non-hydrogen) atoms. The molecule has 0 aliphatic heterocycles. The third-order valence-electron chi connectivity index (χ3n) is 3.27. The highest BCUT2D eigenvalue weighted by atomic mass is 16.5. The SMILES string of the molecule is C=C/C=C\C(=C/C=C)OC(=O)C(C)(C)C(C)(C)C. The molecule has 0 aromatic heterocycles. The lowest BCUT2D eigenvalue weighted by Gasteiger charge is -2.36. The Hall–Kier alpha value is -1.57. The summed E-state index contributed by atoms with van der Waals surface area (Å²) < 4.78 is 5.40. The van der Waals surface area contributed by atoms with Gasteiger partial charge in [-0.25, -0.2) is 0 Å². The molecule has 0 radical (unpaired) electrons. The zero-order valence-electron chi connectivity index (χ0n) is 12.1. The Morgan fingerprint density at radius 1 is 1.06 bits per heavy atom. The van der Waals surface area contributed by atoms with Crippen LogP contribution >= 0.6 is 0 Å². The number of hydrogen-bond donors (Lipinski definition) is 0. The van der Waals surface area contributed by atoms with Crippen LogP contribution in [0.25, 0.3) is 0 Å². The van der Waals surface area contributed by atoms with Gasteiger partial charge in [0.05, 0.1) is 5.41 Å². The molecule has 0 saturated carbocycles. The zero-order valence-corrected chi connectivity index (χ0v) is 12.1. The molecule has 0 aromatic rings. The lowest BCUT2D eigenvalue weighted by molar-refractivity contribution is -0.155. The highest BCUT2D eigenvalue weighted by Crippen LogP contribution is 2.39. The number of carbonyl (C=O) groups is 1. The first-order valence-corrected chi connectivity index (χ1v) is 6.01. The minimum absolute atomic E-state index is 0.175. The first-order chi connectivity index (χ1) is 8.16. The summed E-state index contributed by atoms with van der Waals surface area (Å²) in [6.07, 6.45) is 8.26. The average Bonchev–Trinajstić information content (AvgIpc) is 2.24. The van der Waals surface area contributed by atoms with Crippen molar-refractivity contribution in [3.05, 3.63) is 49.3 Å². The Labute approximate surface area is 111 Å². The van der Waals surface area contributed by atoms with Crippen molar-refractivity contribution in [1.29, 1.82) is 0 Å². The second-order valence-electron chi connectivity index (χ2n) is 5.66. The van der Waals surface area contributed by atoms with Gasteiger partial charge in [0.25, 0.3) is 0 Å². The van der Waals surface area contributed by atoms with Crippen LogP contribution < -0.4 is 0 Å². The van der Waals surface area contributed by atoms with Gasteiger partial charge < -0.3 is 4.74 Å². The molecule has 0 fully saturated rings. The van der Waals surface area contributed by atoms with Gasteiger partial charge in [-0.05, 0) is 31.4 Å². The van der Waals surface area contributed by atoms with E-state index in [1.165, 1.54) is 0 Å². The van der Waals surface area contributed by atoms with E-state index in [2.05, 4.69) is 13.2 Å². The summed E-state index contributed by atoms with van der Waals surface area (Å²) in [5.74, 6) is 0.212. The molecule has 2 heteroatoms. The molecule has 0 amide bonds. The van der Waals surface area contributed by atoms with Gasteiger partial charge in [0.15, 0.2) is 0 Å². The summed E-state index contributed by atoms with van der Waals surface area (Å²) in [7, 11) is 0. The maximum atomic E-state index is 12.2. The van der Waals surface area contributed by atoms with Crippen LogP contribution in [-0.4, -0.2) is 5.97 Å². The summed E-state index contributed by atoms with van der Waals surface area (Å²) >= 11 is 0. The predicted molar refractivity (Wildman–Crippen MR) is 76.9 cm³/mol. The summed E-state index contributed by atoms with van der Waals surface area (Å²) in [5, 5.41) is 0. The summed E-state index contributed by atoms with van der Waals surface area (Å²) in [4.78, 5) is 12.2. The minimum atomic E-state index is -0.574. The molecule has 0 heterocycles. The van der Waals surface area contributed by atoms with E-state index in [0.29, 0.717) is 5.76 Å². The second-order valence-corrected chi connectivity index (χ2v) is 5.66. The quantitative estimate of drug-likeness (QED) is 0.409. The largest absolute Gasteiger partial charge is 0.426 e. The van der Waals surface area contributed by atoms with Crippen molar-refractivity contribution in [2.24, 2.45) is 10.8 Å². The van der Waals surface area contributed by atoms with Gasteiger partial charge in [-0.3, -0.25) is 4.79 Å². The molecule has 0 bridgehead atoms. The van der Waals surface area contributed by atoms with Gasteiger partial charge in [-0.15, -0.1) is 0 Å². The second kappa shape index (κ2) is 6.39. The number of hydrogen-bond acceptors (Lipinski definition) is 2. The maximum Gasteiger partial charge on any atom is 0.317 e. The van der Waals surface area contributed by atoms with Crippen LogP contribution in [0.4, 0.5) is 0 Å². The number of esters is 1. The van der Waals surface area contributed by atoms with Crippen LogP contribution in [0.3, 0.4) is 0 Å². The Balaban J connectivity index is 5.03. The number of allylic oxidation sites excluding steroid dienone is 5. The molecule has 0 atom stereocenters. The Kier molecular flexibility index (Phi) is 5.83. The summed E-state index contributed by atoms with van der Waals surface area (Å²) in [6.45, 7) is 17.0. The van der Waals surface area contributed by atoms with Crippen molar-refractivity contribution < 1.29 is 9.53 Å². The van der Waals surface area contributed by atoms with Crippen LogP contribution in [0.15, 0.2) is 49.3 Å². The standard InChI is InChI=1S/C16H24O2/c1-8-10-12-13(11-9-2)18-14(17)16(6,7)15(3,4)5/h8-12H,1-2H2,3-7H3/b12-10-,13-11+. The Bertz CT molecular complexity index is 376. The molecular formula is C16H24O2. The van der Waals surface area contributed by atoms with Crippen LogP contribution in [0, 0.1) is 10.8 Å². The molecule has 0 aliphatic rings. The fourth-order valence-electron chi connectivity index (χ4n) is 0.943. The third-order valence-corrected chi connectivity index (χ3v) is 3.27. The van der Waals surface area contributed by atoms with Gasteiger partial charge in [0.2, 0.25) is 0 Å². The van der Waals surface area contributed by atoms with E-state index < -0.39 is 5.41 Å². The van der Waals surface area contributed by atoms with Crippen LogP contribution in [-0.2, 0) is 9.53 Å². The molecular weight excluding hydrogens is 224 g/mol. The molecule has 2 nitrogen and oxygen atoms in total. The molecule has 100 valence electrons. The van der Waals surface area contributed by atoms with Crippen molar-refractivity contribution in [2.75, 3.05) is 0 Å². The fraction of sp³-hybridized carbons (Fsp3) is 0.438. The molecule has 0 aliphatic carbocycles. The first kappa shape index (κ1) is 16.4. The van der Waals surface area contributed by atoms with Crippen LogP contribution in [0.5, 0.6) is 0 Å². The summed E-state index contributed by atoms with van der Waals surface area (Å²) in [6, 6.07) is 0. The van der Waals surface area contributed by atoms with Crippen molar-refractivity contribution in [3.8, 4) is 0 Å². The van der Waals surface area contributed by atoms with Crippen LogP contribution in [0.2, 0.25) is 0 Å². The molecule has 0 saturated heterocycles. The first-order valence-electron chi connectivity index (χ1n) is 6.01. The highest BCUT2D eigenvalue weighted by molar-refractivity contribution is 5.78. The monoisotopic (exact) mass is 248 g/mol. The fourth-order valence-corrected chi connectivity index (χ4v) is 0.943. The lowest BCUT2D eigenvalue weighted by atomic mass is 9.69. The topological polar surface area (TPSA) is 26.3 Å². The molecule has 0 N–H and O–H groups in total. The molecule has 0 spiro atoms.